The predicted molar refractivity (Wildman–Crippen MR) is 119 cm³/mol. The van der Waals surface area contributed by atoms with Crippen LogP contribution >= 0.6 is 11.6 Å². The molecule has 0 bridgehead atoms. The van der Waals surface area contributed by atoms with Crippen LogP contribution in [0.15, 0.2) is 30.3 Å². The zero-order valence-corrected chi connectivity index (χ0v) is 18.7. The molecule has 9 heteroatoms. The number of phenolic OH excluding ortho intramolecular Hbond substituents is 2. The molecule has 1 atom stereocenters. The largest absolute Gasteiger partial charge is 0.507 e. The number of aryl methyl sites for hydroxylation is 1. The van der Waals surface area contributed by atoms with Crippen LogP contribution < -0.4 is 4.74 Å². The number of rotatable bonds is 7. The van der Waals surface area contributed by atoms with E-state index in [0.717, 1.165) is 11.1 Å². The van der Waals surface area contributed by atoms with Gasteiger partial charge in [0.1, 0.15) is 17.1 Å². The third kappa shape index (κ3) is 3.65. The number of ether oxygens (including phenoxy) is 2. The van der Waals surface area contributed by atoms with E-state index in [1.807, 2.05) is 6.92 Å². The van der Waals surface area contributed by atoms with Crippen LogP contribution in [0.25, 0.3) is 11.3 Å². The van der Waals surface area contributed by atoms with E-state index in [9.17, 15) is 15.0 Å². The molecule has 2 aromatic carbocycles. The molecule has 8 nitrogen and oxygen atoms in total. The van der Waals surface area contributed by atoms with Gasteiger partial charge in [0.15, 0.2) is 11.5 Å². The summed E-state index contributed by atoms with van der Waals surface area (Å²) >= 11 is 6.32. The lowest BCUT2D eigenvalue weighted by Gasteiger charge is -2.26. The Labute approximate surface area is 190 Å². The van der Waals surface area contributed by atoms with Gasteiger partial charge >= 0.3 is 0 Å². The number of halogens is 1. The van der Waals surface area contributed by atoms with Crippen LogP contribution in [0.1, 0.15) is 40.1 Å². The number of aromatic amines is 1. The zero-order valence-electron chi connectivity index (χ0n) is 18.0. The second kappa shape index (κ2) is 8.72. The van der Waals surface area contributed by atoms with E-state index in [2.05, 4.69) is 10.2 Å². The summed E-state index contributed by atoms with van der Waals surface area (Å²) in [5.41, 5.74) is 3.28. The van der Waals surface area contributed by atoms with Crippen LogP contribution in [-0.4, -0.2) is 58.1 Å². The van der Waals surface area contributed by atoms with Crippen molar-refractivity contribution >= 4 is 17.5 Å². The SMILES string of the molecule is CCOc1cc([C@H]2c3c(-c4cc(Cl)c(C)cc4O)n[nH]c3C(=O)N2CCOC)ccc1O. The minimum absolute atomic E-state index is 0.0129. The molecule has 0 radical (unpaired) electrons. The topological polar surface area (TPSA) is 108 Å². The van der Waals surface area contributed by atoms with Gasteiger partial charge in [-0.15, -0.1) is 0 Å². The number of benzene rings is 2. The van der Waals surface area contributed by atoms with Crippen molar-refractivity contribution in [3.63, 3.8) is 0 Å². The average Bonchev–Trinajstić information content (AvgIpc) is 3.30. The van der Waals surface area contributed by atoms with E-state index in [1.54, 1.807) is 43.2 Å². The number of nitrogens with zero attached hydrogens (tertiary/aromatic N) is 2. The van der Waals surface area contributed by atoms with Crippen molar-refractivity contribution in [2.75, 3.05) is 26.9 Å². The van der Waals surface area contributed by atoms with Gasteiger partial charge in [0, 0.05) is 29.8 Å². The Morgan fingerprint density at radius 3 is 2.72 bits per heavy atom. The summed E-state index contributed by atoms with van der Waals surface area (Å²) in [6, 6.07) is 7.68. The maximum atomic E-state index is 13.2. The molecule has 0 aliphatic carbocycles. The number of H-pyrrole nitrogens is 1. The van der Waals surface area contributed by atoms with Crippen LogP contribution in [0.3, 0.4) is 0 Å². The van der Waals surface area contributed by atoms with Gasteiger partial charge in [-0.1, -0.05) is 17.7 Å². The molecule has 1 aliphatic rings. The van der Waals surface area contributed by atoms with E-state index >= 15 is 0 Å². The summed E-state index contributed by atoms with van der Waals surface area (Å²) in [5.74, 6) is 0.121. The minimum atomic E-state index is -0.527. The first-order valence-corrected chi connectivity index (χ1v) is 10.6. The van der Waals surface area contributed by atoms with Gasteiger partial charge in [0.25, 0.3) is 5.91 Å². The smallest absolute Gasteiger partial charge is 0.273 e. The van der Waals surface area contributed by atoms with E-state index in [1.165, 1.54) is 6.07 Å². The Balaban J connectivity index is 1.90. The molecule has 3 N–H and O–H groups in total. The molecule has 4 rings (SSSR count). The fourth-order valence-corrected chi connectivity index (χ4v) is 4.16. The molecule has 1 aromatic heterocycles. The standard InChI is InChI=1S/C23H24ClN3O5/c1-4-32-18-10-13(5-6-16(18)28)22-19-20(14-11-15(24)12(2)9-17(14)29)25-26-21(19)23(30)27(22)7-8-31-3/h5-6,9-11,22,28-29H,4,7-8H2,1-3H3,(H,25,26)/t22-/m0/s1. The van der Waals surface area contributed by atoms with E-state index in [-0.39, 0.29) is 17.4 Å². The number of fused-ring (bicyclic) bond motifs is 1. The molecule has 0 spiro atoms. The quantitative estimate of drug-likeness (QED) is 0.494. The van der Waals surface area contributed by atoms with Crippen molar-refractivity contribution in [2.45, 2.75) is 19.9 Å². The first-order chi connectivity index (χ1) is 15.4. The van der Waals surface area contributed by atoms with Crippen molar-refractivity contribution in [3.05, 3.63) is 57.7 Å². The Kier molecular flexibility index (Phi) is 5.99. The van der Waals surface area contributed by atoms with Crippen LogP contribution in [0.4, 0.5) is 0 Å². The third-order valence-corrected chi connectivity index (χ3v) is 5.94. The molecule has 1 amide bonds. The van der Waals surface area contributed by atoms with Crippen LogP contribution in [0.5, 0.6) is 17.2 Å². The van der Waals surface area contributed by atoms with Gasteiger partial charge < -0.3 is 24.6 Å². The van der Waals surface area contributed by atoms with Gasteiger partial charge in [0.2, 0.25) is 0 Å². The van der Waals surface area contributed by atoms with Gasteiger partial charge in [-0.2, -0.15) is 5.10 Å². The number of carbonyl (C=O) groups is 1. The van der Waals surface area contributed by atoms with Crippen LogP contribution in [0.2, 0.25) is 5.02 Å². The Bertz CT molecular complexity index is 1180. The monoisotopic (exact) mass is 457 g/mol. The Morgan fingerprint density at radius 1 is 1.22 bits per heavy atom. The summed E-state index contributed by atoms with van der Waals surface area (Å²) in [4.78, 5) is 14.9. The highest BCUT2D eigenvalue weighted by Gasteiger charge is 2.42. The highest BCUT2D eigenvalue weighted by molar-refractivity contribution is 6.31. The second-order valence-corrected chi connectivity index (χ2v) is 7.94. The second-order valence-electron chi connectivity index (χ2n) is 7.53. The van der Waals surface area contributed by atoms with Gasteiger partial charge in [0.05, 0.1) is 19.3 Å². The summed E-state index contributed by atoms with van der Waals surface area (Å²) in [5, 5.41) is 28.4. The molecular formula is C23H24ClN3O5. The number of nitrogens with one attached hydrogen (secondary N) is 1. The fraction of sp³-hybridized carbons (Fsp3) is 0.304. The van der Waals surface area contributed by atoms with Gasteiger partial charge in [-0.25, -0.2) is 0 Å². The lowest BCUT2D eigenvalue weighted by molar-refractivity contribution is 0.0677. The molecule has 1 aliphatic heterocycles. The highest BCUT2D eigenvalue weighted by Crippen LogP contribution is 2.46. The van der Waals surface area contributed by atoms with Gasteiger partial charge in [-0.3, -0.25) is 9.89 Å². The fourth-order valence-electron chi connectivity index (χ4n) is 4.00. The molecule has 0 saturated heterocycles. The van der Waals surface area contributed by atoms with Crippen molar-refractivity contribution < 1.29 is 24.5 Å². The normalized spacial score (nSPS) is 15.3. The number of methoxy groups -OCH3 is 1. The summed E-state index contributed by atoms with van der Waals surface area (Å²) < 4.78 is 10.8. The summed E-state index contributed by atoms with van der Waals surface area (Å²) in [6.45, 7) is 4.68. The number of hydrogen-bond acceptors (Lipinski definition) is 6. The first-order valence-electron chi connectivity index (χ1n) is 10.2. The summed E-state index contributed by atoms with van der Waals surface area (Å²) in [7, 11) is 1.57. The Hall–Kier alpha value is -3.23. The van der Waals surface area contributed by atoms with E-state index in [4.69, 9.17) is 21.1 Å². The predicted octanol–water partition coefficient (Wildman–Crippen LogP) is 4.04. The third-order valence-electron chi connectivity index (χ3n) is 5.53. The molecule has 32 heavy (non-hydrogen) atoms. The molecule has 0 saturated carbocycles. The zero-order chi connectivity index (χ0) is 23.0. The molecule has 0 unspecified atom stereocenters. The van der Waals surface area contributed by atoms with Crippen LogP contribution in [-0.2, 0) is 4.74 Å². The maximum Gasteiger partial charge on any atom is 0.273 e. The van der Waals surface area contributed by atoms with Gasteiger partial charge in [-0.05, 0) is 49.2 Å². The lowest BCUT2D eigenvalue weighted by Crippen LogP contribution is -2.32. The number of phenols is 2. The van der Waals surface area contributed by atoms with E-state index < -0.39 is 6.04 Å². The Morgan fingerprint density at radius 2 is 2.00 bits per heavy atom. The van der Waals surface area contributed by atoms with Crippen LogP contribution in [0, 0.1) is 6.92 Å². The average molecular weight is 458 g/mol. The maximum absolute atomic E-state index is 13.2. The molecule has 3 aromatic rings. The van der Waals surface area contributed by atoms with Crippen molar-refractivity contribution in [1.29, 1.82) is 0 Å². The number of hydrogen-bond donors (Lipinski definition) is 3. The van der Waals surface area contributed by atoms with Crippen molar-refractivity contribution in [1.82, 2.24) is 15.1 Å². The molecule has 168 valence electrons. The molecular weight excluding hydrogens is 434 g/mol. The minimum Gasteiger partial charge on any atom is -0.507 e. The molecule has 2 heterocycles. The van der Waals surface area contributed by atoms with E-state index in [0.29, 0.717) is 53.0 Å². The first kappa shape index (κ1) is 22.0. The molecule has 0 fully saturated rings. The number of aromatic hydroxyl groups is 2. The number of amides is 1. The lowest BCUT2D eigenvalue weighted by atomic mass is 9.95. The highest BCUT2D eigenvalue weighted by atomic mass is 35.5. The van der Waals surface area contributed by atoms with Crippen molar-refractivity contribution in [3.8, 4) is 28.5 Å². The summed E-state index contributed by atoms with van der Waals surface area (Å²) in [6.07, 6.45) is 0. The number of aromatic nitrogens is 2. The van der Waals surface area contributed by atoms with Crippen molar-refractivity contribution in [2.24, 2.45) is 0 Å². The number of carbonyl (C=O) groups excluding carboxylic acids is 1.